The number of hydrogen-bond acceptors (Lipinski definition) is 2. The van der Waals surface area contributed by atoms with Crippen molar-refractivity contribution < 1.29 is 4.39 Å². The first-order valence-electron chi connectivity index (χ1n) is 5.70. The smallest absolute Gasteiger partial charge is 0.146 e. The van der Waals surface area contributed by atoms with Crippen LogP contribution < -0.4 is 5.32 Å². The Morgan fingerprint density at radius 3 is 2.81 bits per heavy atom. The molecule has 0 saturated heterocycles. The lowest BCUT2D eigenvalue weighted by Gasteiger charge is -2.16. The minimum absolute atomic E-state index is 0.290. The summed E-state index contributed by atoms with van der Waals surface area (Å²) in [5.74, 6) is -0.313. The quantitative estimate of drug-likeness (QED) is 0.831. The van der Waals surface area contributed by atoms with Gasteiger partial charge >= 0.3 is 0 Å². The van der Waals surface area contributed by atoms with E-state index in [0.29, 0.717) is 17.1 Å². The van der Waals surface area contributed by atoms with Crippen molar-refractivity contribution >= 4 is 11.6 Å². The summed E-state index contributed by atoms with van der Waals surface area (Å²) in [5, 5.41) is 3.68. The molecule has 2 nitrogen and oxygen atoms in total. The molecule has 1 rings (SSSR count). The summed E-state index contributed by atoms with van der Waals surface area (Å²) in [6, 6.07) is 1.61. The Morgan fingerprint density at radius 1 is 1.50 bits per heavy atom. The second-order valence-corrected chi connectivity index (χ2v) is 4.27. The van der Waals surface area contributed by atoms with Gasteiger partial charge in [-0.05, 0) is 19.0 Å². The van der Waals surface area contributed by atoms with Crippen LogP contribution in [0.25, 0.3) is 0 Å². The molecular weight excluding hydrogens is 227 g/mol. The summed E-state index contributed by atoms with van der Waals surface area (Å²) in [6.07, 6.45) is 4.21. The zero-order valence-electron chi connectivity index (χ0n) is 9.76. The molecule has 0 aliphatic carbocycles. The maximum absolute atomic E-state index is 13.5. The lowest BCUT2D eigenvalue weighted by molar-refractivity contribution is 0.469. The molecule has 1 unspecified atom stereocenters. The molecule has 0 amide bonds. The van der Waals surface area contributed by atoms with Gasteiger partial charge in [-0.2, -0.15) is 0 Å². The monoisotopic (exact) mass is 244 g/mol. The number of pyridine rings is 1. The van der Waals surface area contributed by atoms with Gasteiger partial charge in [0, 0.05) is 18.7 Å². The Hall–Kier alpha value is -0.670. The minimum Gasteiger partial charge on any atom is -0.314 e. The van der Waals surface area contributed by atoms with E-state index in [1.165, 1.54) is 12.3 Å². The highest BCUT2D eigenvalue weighted by molar-refractivity contribution is 6.30. The van der Waals surface area contributed by atoms with Gasteiger partial charge in [0.2, 0.25) is 0 Å². The summed E-state index contributed by atoms with van der Waals surface area (Å²) in [7, 11) is 0. The third-order valence-electron chi connectivity index (χ3n) is 2.45. The van der Waals surface area contributed by atoms with Crippen molar-refractivity contribution in [2.45, 2.75) is 39.2 Å². The summed E-state index contributed by atoms with van der Waals surface area (Å²) in [6.45, 7) is 5.06. The highest BCUT2D eigenvalue weighted by Gasteiger charge is 2.12. The molecule has 1 aromatic rings. The van der Waals surface area contributed by atoms with Crippen LogP contribution in [0.5, 0.6) is 0 Å². The molecule has 0 aliphatic heterocycles. The highest BCUT2D eigenvalue weighted by Crippen LogP contribution is 2.14. The summed E-state index contributed by atoms with van der Waals surface area (Å²) >= 11 is 5.66. The van der Waals surface area contributed by atoms with Gasteiger partial charge in [-0.25, -0.2) is 4.39 Å². The molecule has 90 valence electrons. The van der Waals surface area contributed by atoms with Gasteiger partial charge in [-0.3, -0.25) is 4.98 Å². The standard InChI is InChI=1S/C12H18ClFN2/c1-3-5-10(15-4-2)7-12-11(14)6-9(13)8-16-12/h6,8,10,15H,3-5,7H2,1-2H3. The van der Waals surface area contributed by atoms with Crippen LogP contribution in [0.1, 0.15) is 32.4 Å². The predicted octanol–water partition coefficient (Wildman–Crippen LogP) is 3.19. The van der Waals surface area contributed by atoms with E-state index in [1.807, 2.05) is 6.92 Å². The second kappa shape index (κ2) is 6.81. The zero-order chi connectivity index (χ0) is 12.0. The number of aromatic nitrogens is 1. The third kappa shape index (κ3) is 4.06. The molecule has 1 N–H and O–H groups in total. The molecule has 0 fully saturated rings. The van der Waals surface area contributed by atoms with Crippen LogP contribution >= 0.6 is 11.6 Å². The van der Waals surface area contributed by atoms with Gasteiger partial charge in [-0.1, -0.05) is 31.9 Å². The molecule has 0 bridgehead atoms. The van der Waals surface area contributed by atoms with Crippen LogP contribution in [0.4, 0.5) is 4.39 Å². The van der Waals surface area contributed by atoms with E-state index in [4.69, 9.17) is 11.6 Å². The van der Waals surface area contributed by atoms with Crippen molar-refractivity contribution in [3.63, 3.8) is 0 Å². The van der Waals surface area contributed by atoms with Crippen molar-refractivity contribution in [3.8, 4) is 0 Å². The zero-order valence-corrected chi connectivity index (χ0v) is 10.5. The molecule has 4 heteroatoms. The Balaban J connectivity index is 2.68. The maximum Gasteiger partial charge on any atom is 0.146 e. The van der Waals surface area contributed by atoms with Gasteiger partial charge in [0.15, 0.2) is 0 Å². The minimum atomic E-state index is -0.313. The molecular formula is C12H18ClFN2. The van der Waals surface area contributed by atoms with E-state index in [1.54, 1.807) is 0 Å². The van der Waals surface area contributed by atoms with E-state index >= 15 is 0 Å². The molecule has 1 atom stereocenters. The summed E-state index contributed by atoms with van der Waals surface area (Å²) in [4.78, 5) is 4.04. The Morgan fingerprint density at radius 2 is 2.25 bits per heavy atom. The number of likely N-dealkylation sites (N-methyl/N-ethyl adjacent to an activating group) is 1. The molecule has 1 aromatic heterocycles. The van der Waals surface area contributed by atoms with Gasteiger partial charge in [0.25, 0.3) is 0 Å². The van der Waals surface area contributed by atoms with Gasteiger partial charge in [0.05, 0.1) is 10.7 Å². The number of rotatable bonds is 6. The first-order valence-corrected chi connectivity index (χ1v) is 6.08. The van der Waals surface area contributed by atoms with Gasteiger partial charge in [0.1, 0.15) is 5.82 Å². The number of nitrogens with zero attached hydrogens (tertiary/aromatic N) is 1. The average Bonchev–Trinajstić information content (AvgIpc) is 2.23. The van der Waals surface area contributed by atoms with Crippen molar-refractivity contribution in [2.75, 3.05) is 6.54 Å². The Labute approximate surface area is 101 Å². The molecule has 0 aliphatic rings. The molecule has 0 aromatic carbocycles. The van der Waals surface area contributed by atoms with E-state index in [9.17, 15) is 4.39 Å². The van der Waals surface area contributed by atoms with E-state index in [-0.39, 0.29) is 11.9 Å². The van der Waals surface area contributed by atoms with Crippen molar-refractivity contribution in [1.29, 1.82) is 0 Å². The molecule has 1 heterocycles. The molecule has 0 saturated carbocycles. The first-order chi connectivity index (χ1) is 7.67. The summed E-state index contributed by atoms with van der Waals surface area (Å²) < 4.78 is 13.5. The molecule has 0 radical (unpaired) electrons. The predicted molar refractivity (Wildman–Crippen MR) is 65.3 cm³/mol. The van der Waals surface area contributed by atoms with E-state index in [0.717, 1.165) is 19.4 Å². The number of halogens is 2. The topological polar surface area (TPSA) is 24.9 Å². The highest BCUT2D eigenvalue weighted by atomic mass is 35.5. The van der Waals surface area contributed by atoms with E-state index < -0.39 is 0 Å². The fraction of sp³-hybridized carbons (Fsp3) is 0.583. The molecule has 0 spiro atoms. The number of nitrogens with one attached hydrogen (secondary N) is 1. The van der Waals surface area contributed by atoms with Crippen molar-refractivity contribution in [3.05, 3.63) is 28.8 Å². The van der Waals surface area contributed by atoms with Crippen LogP contribution in [0.15, 0.2) is 12.3 Å². The third-order valence-corrected chi connectivity index (χ3v) is 2.66. The fourth-order valence-electron chi connectivity index (χ4n) is 1.74. The van der Waals surface area contributed by atoms with Crippen LogP contribution in [0.2, 0.25) is 5.02 Å². The maximum atomic E-state index is 13.5. The van der Waals surface area contributed by atoms with Gasteiger partial charge < -0.3 is 5.32 Å². The average molecular weight is 245 g/mol. The normalized spacial score (nSPS) is 12.8. The second-order valence-electron chi connectivity index (χ2n) is 3.83. The SMILES string of the molecule is CCCC(Cc1ncc(Cl)cc1F)NCC. The molecule has 16 heavy (non-hydrogen) atoms. The van der Waals surface area contributed by atoms with Crippen LogP contribution in [-0.2, 0) is 6.42 Å². The first kappa shape index (κ1) is 13.4. The van der Waals surface area contributed by atoms with Crippen LogP contribution in [0.3, 0.4) is 0 Å². The lowest BCUT2D eigenvalue weighted by atomic mass is 10.1. The van der Waals surface area contributed by atoms with Gasteiger partial charge in [-0.15, -0.1) is 0 Å². The lowest BCUT2D eigenvalue weighted by Crippen LogP contribution is -2.31. The largest absolute Gasteiger partial charge is 0.314 e. The Kier molecular flexibility index (Phi) is 5.71. The fourth-order valence-corrected chi connectivity index (χ4v) is 1.88. The summed E-state index contributed by atoms with van der Waals surface area (Å²) in [5.41, 5.74) is 0.490. The van der Waals surface area contributed by atoms with E-state index in [2.05, 4.69) is 17.2 Å². The number of hydrogen-bond donors (Lipinski definition) is 1. The van der Waals surface area contributed by atoms with Crippen LogP contribution in [0, 0.1) is 5.82 Å². The Bertz CT molecular complexity index is 325. The van der Waals surface area contributed by atoms with Crippen molar-refractivity contribution in [2.24, 2.45) is 0 Å². The van der Waals surface area contributed by atoms with Crippen molar-refractivity contribution in [1.82, 2.24) is 10.3 Å². The van der Waals surface area contributed by atoms with Crippen LogP contribution in [-0.4, -0.2) is 17.6 Å².